The highest BCUT2D eigenvalue weighted by atomic mass is 35.5. The van der Waals surface area contributed by atoms with Crippen LogP contribution in [0.5, 0.6) is 0 Å². The molecule has 1 fully saturated rings. The first-order chi connectivity index (χ1) is 11.2. The Labute approximate surface area is 140 Å². The van der Waals surface area contributed by atoms with Gasteiger partial charge in [0.2, 0.25) is 0 Å². The number of nitrogens with zero attached hydrogens (tertiary/aromatic N) is 2. The minimum absolute atomic E-state index is 0.0170. The van der Waals surface area contributed by atoms with E-state index in [2.05, 4.69) is 17.4 Å². The standard InChI is InChI=1S/C17H20ClN3O2/c1-2-4-14-11-15(20-23-14)16-5-3-10-21(16)17(22)19-13-8-6-12(18)7-9-13/h6-9,11,16H,2-5,10H2,1H3,(H,19,22). The molecular weight excluding hydrogens is 314 g/mol. The van der Waals surface area contributed by atoms with Crippen molar-refractivity contribution in [3.8, 4) is 0 Å². The first kappa shape index (κ1) is 15.9. The second-order valence-corrected chi connectivity index (χ2v) is 6.19. The van der Waals surface area contributed by atoms with Crippen LogP contribution in [0.4, 0.5) is 10.5 Å². The fraction of sp³-hybridized carbons (Fsp3) is 0.412. The molecule has 1 unspecified atom stereocenters. The number of anilines is 1. The van der Waals surface area contributed by atoms with E-state index in [1.807, 2.05) is 11.0 Å². The zero-order valence-electron chi connectivity index (χ0n) is 13.1. The Morgan fingerprint density at radius 2 is 2.22 bits per heavy atom. The van der Waals surface area contributed by atoms with Gasteiger partial charge in [0, 0.05) is 29.7 Å². The van der Waals surface area contributed by atoms with Crippen molar-refractivity contribution in [1.82, 2.24) is 10.1 Å². The topological polar surface area (TPSA) is 58.4 Å². The molecule has 0 saturated carbocycles. The summed E-state index contributed by atoms with van der Waals surface area (Å²) in [5, 5.41) is 7.71. The number of carbonyl (C=O) groups excluding carboxylic acids is 1. The maximum atomic E-state index is 12.5. The Balaban J connectivity index is 1.70. The molecule has 1 saturated heterocycles. The number of halogens is 1. The van der Waals surface area contributed by atoms with E-state index >= 15 is 0 Å². The molecule has 1 aliphatic rings. The van der Waals surface area contributed by atoms with Crippen LogP contribution in [0.25, 0.3) is 0 Å². The summed E-state index contributed by atoms with van der Waals surface area (Å²) in [6, 6.07) is 8.94. The van der Waals surface area contributed by atoms with Crippen LogP contribution in [-0.4, -0.2) is 22.6 Å². The monoisotopic (exact) mass is 333 g/mol. The predicted octanol–water partition coefficient (Wildman–Crippen LogP) is 4.65. The van der Waals surface area contributed by atoms with Crippen molar-refractivity contribution >= 4 is 23.3 Å². The van der Waals surface area contributed by atoms with Gasteiger partial charge in [-0.1, -0.05) is 23.7 Å². The van der Waals surface area contributed by atoms with E-state index in [1.54, 1.807) is 24.3 Å². The minimum Gasteiger partial charge on any atom is -0.361 e. The summed E-state index contributed by atoms with van der Waals surface area (Å²) in [7, 11) is 0. The number of hydrogen-bond donors (Lipinski definition) is 1. The first-order valence-corrected chi connectivity index (χ1v) is 8.34. The van der Waals surface area contributed by atoms with Gasteiger partial charge in [0.25, 0.3) is 0 Å². The minimum atomic E-state index is -0.116. The molecule has 0 aliphatic carbocycles. The van der Waals surface area contributed by atoms with E-state index in [4.69, 9.17) is 16.1 Å². The van der Waals surface area contributed by atoms with Gasteiger partial charge in [0.15, 0.2) is 0 Å². The molecule has 2 amide bonds. The number of rotatable bonds is 4. The molecule has 1 aromatic heterocycles. The van der Waals surface area contributed by atoms with Gasteiger partial charge < -0.3 is 14.7 Å². The van der Waals surface area contributed by atoms with Gasteiger partial charge in [-0.3, -0.25) is 0 Å². The first-order valence-electron chi connectivity index (χ1n) is 7.96. The van der Waals surface area contributed by atoms with Crippen molar-refractivity contribution in [2.24, 2.45) is 0 Å². The average molecular weight is 334 g/mol. The molecule has 2 aromatic rings. The number of aromatic nitrogens is 1. The van der Waals surface area contributed by atoms with Crippen molar-refractivity contribution in [3.05, 3.63) is 46.8 Å². The number of aryl methyl sites for hydroxylation is 1. The Bertz CT molecular complexity index is 669. The number of urea groups is 1. The Kier molecular flexibility index (Phi) is 4.86. The smallest absolute Gasteiger partial charge is 0.322 e. The van der Waals surface area contributed by atoms with Crippen LogP contribution in [0.2, 0.25) is 5.02 Å². The average Bonchev–Trinajstić information content (AvgIpc) is 3.18. The number of benzene rings is 1. The lowest BCUT2D eigenvalue weighted by Crippen LogP contribution is -2.34. The Morgan fingerprint density at radius 1 is 1.43 bits per heavy atom. The number of amides is 2. The molecule has 0 radical (unpaired) electrons. The molecule has 0 bridgehead atoms. The van der Waals surface area contributed by atoms with Crippen LogP contribution in [-0.2, 0) is 6.42 Å². The van der Waals surface area contributed by atoms with Crippen LogP contribution in [0.3, 0.4) is 0 Å². The molecule has 5 nitrogen and oxygen atoms in total. The molecular formula is C17H20ClN3O2. The summed E-state index contributed by atoms with van der Waals surface area (Å²) < 4.78 is 5.35. The van der Waals surface area contributed by atoms with Crippen molar-refractivity contribution in [1.29, 1.82) is 0 Å². The second kappa shape index (κ2) is 7.04. The third-order valence-electron chi connectivity index (χ3n) is 4.02. The SMILES string of the molecule is CCCc1cc(C2CCCN2C(=O)Nc2ccc(Cl)cc2)no1. The van der Waals surface area contributed by atoms with Gasteiger partial charge in [0.05, 0.1) is 6.04 Å². The number of carbonyl (C=O) groups is 1. The highest BCUT2D eigenvalue weighted by Crippen LogP contribution is 2.32. The summed E-state index contributed by atoms with van der Waals surface area (Å²) in [4.78, 5) is 14.4. The lowest BCUT2D eigenvalue weighted by molar-refractivity contribution is 0.204. The van der Waals surface area contributed by atoms with E-state index in [0.29, 0.717) is 5.02 Å². The summed E-state index contributed by atoms with van der Waals surface area (Å²) in [5.41, 5.74) is 1.58. The van der Waals surface area contributed by atoms with Gasteiger partial charge >= 0.3 is 6.03 Å². The van der Waals surface area contributed by atoms with Crippen molar-refractivity contribution < 1.29 is 9.32 Å². The fourth-order valence-electron chi connectivity index (χ4n) is 2.90. The molecule has 23 heavy (non-hydrogen) atoms. The molecule has 1 aliphatic heterocycles. The summed E-state index contributed by atoms with van der Waals surface area (Å²) in [6.07, 6.45) is 3.76. The third kappa shape index (κ3) is 3.67. The van der Waals surface area contributed by atoms with Crippen LogP contribution >= 0.6 is 11.6 Å². The van der Waals surface area contributed by atoms with Crippen molar-refractivity contribution in [3.63, 3.8) is 0 Å². The van der Waals surface area contributed by atoms with E-state index in [1.165, 1.54) is 0 Å². The van der Waals surface area contributed by atoms with Gasteiger partial charge in [-0.25, -0.2) is 4.79 Å². The van der Waals surface area contributed by atoms with Gasteiger partial charge in [0.1, 0.15) is 11.5 Å². The highest BCUT2D eigenvalue weighted by Gasteiger charge is 2.32. The molecule has 6 heteroatoms. The highest BCUT2D eigenvalue weighted by molar-refractivity contribution is 6.30. The maximum absolute atomic E-state index is 12.5. The van der Waals surface area contributed by atoms with E-state index in [0.717, 1.165) is 49.4 Å². The van der Waals surface area contributed by atoms with Crippen LogP contribution in [0.15, 0.2) is 34.9 Å². The maximum Gasteiger partial charge on any atom is 0.322 e. The molecule has 3 rings (SSSR count). The molecule has 122 valence electrons. The van der Waals surface area contributed by atoms with Crippen molar-refractivity contribution in [2.75, 3.05) is 11.9 Å². The lowest BCUT2D eigenvalue weighted by Gasteiger charge is -2.23. The van der Waals surface area contributed by atoms with Gasteiger partial charge in [-0.2, -0.15) is 0 Å². The largest absolute Gasteiger partial charge is 0.361 e. The zero-order chi connectivity index (χ0) is 16.2. The molecule has 2 heterocycles. The zero-order valence-corrected chi connectivity index (χ0v) is 13.8. The normalized spacial score (nSPS) is 17.5. The Morgan fingerprint density at radius 3 is 2.96 bits per heavy atom. The van der Waals surface area contributed by atoms with Gasteiger partial charge in [-0.15, -0.1) is 0 Å². The van der Waals surface area contributed by atoms with Crippen molar-refractivity contribution in [2.45, 2.75) is 38.6 Å². The van der Waals surface area contributed by atoms with Gasteiger partial charge in [-0.05, 0) is 43.5 Å². The molecule has 1 N–H and O–H groups in total. The quantitative estimate of drug-likeness (QED) is 0.886. The summed E-state index contributed by atoms with van der Waals surface area (Å²) in [6.45, 7) is 2.82. The third-order valence-corrected chi connectivity index (χ3v) is 4.28. The van der Waals surface area contributed by atoms with E-state index < -0.39 is 0 Å². The fourth-order valence-corrected chi connectivity index (χ4v) is 3.02. The van der Waals surface area contributed by atoms with Crippen LogP contribution in [0, 0.1) is 0 Å². The lowest BCUT2D eigenvalue weighted by atomic mass is 10.1. The number of likely N-dealkylation sites (tertiary alicyclic amines) is 1. The molecule has 1 aromatic carbocycles. The van der Waals surface area contributed by atoms with E-state index in [-0.39, 0.29) is 12.1 Å². The second-order valence-electron chi connectivity index (χ2n) is 5.76. The Hall–Kier alpha value is -2.01. The summed E-state index contributed by atoms with van der Waals surface area (Å²) in [5.74, 6) is 0.882. The number of nitrogens with one attached hydrogen (secondary N) is 1. The van der Waals surface area contributed by atoms with Crippen LogP contribution in [0.1, 0.15) is 43.7 Å². The predicted molar refractivity (Wildman–Crippen MR) is 89.6 cm³/mol. The molecule has 0 spiro atoms. The van der Waals surface area contributed by atoms with E-state index in [9.17, 15) is 4.79 Å². The number of hydrogen-bond acceptors (Lipinski definition) is 3. The molecule has 1 atom stereocenters. The van der Waals surface area contributed by atoms with Crippen LogP contribution < -0.4 is 5.32 Å². The summed E-state index contributed by atoms with van der Waals surface area (Å²) >= 11 is 5.86.